The van der Waals surface area contributed by atoms with Crippen molar-refractivity contribution in [2.45, 2.75) is 40.7 Å². The molecule has 0 fully saturated rings. The predicted molar refractivity (Wildman–Crippen MR) is 70.7 cm³/mol. The summed E-state index contributed by atoms with van der Waals surface area (Å²) >= 11 is 0. The lowest BCUT2D eigenvalue weighted by Crippen LogP contribution is -2.27. The standard InChI is InChI=1S/C14H22N2O/c1-8(2)11-6-12(9(3)4)13-7-15-17-14(13)16-10(11)5/h6-11,16H,1-5H3. The molecule has 2 heterocycles. The Balaban J connectivity index is 2.47. The van der Waals surface area contributed by atoms with E-state index in [1.807, 2.05) is 6.20 Å². The third-order valence-electron chi connectivity index (χ3n) is 3.58. The molecule has 3 heteroatoms. The number of nitrogens with one attached hydrogen (secondary N) is 1. The van der Waals surface area contributed by atoms with Crippen LogP contribution in [0.3, 0.4) is 0 Å². The van der Waals surface area contributed by atoms with Gasteiger partial charge in [0.25, 0.3) is 0 Å². The lowest BCUT2D eigenvalue weighted by molar-refractivity contribution is 0.396. The van der Waals surface area contributed by atoms with Gasteiger partial charge in [0.2, 0.25) is 5.88 Å². The first-order chi connectivity index (χ1) is 8.00. The molecule has 1 aromatic heterocycles. The highest BCUT2D eigenvalue weighted by molar-refractivity contribution is 5.75. The van der Waals surface area contributed by atoms with E-state index in [1.165, 1.54) is 5.57 Å². The van der Waals surface area contributed by atoms with Crippen LogP contribution in [-0.4, -0.2) is 11.2 Å². The molecule has 0 bridgehead atoms. The molecule has 2 rings (SSSR count). The number of hydrogen-bond donors (Lipinski definition) is 1. The Labute approximate surface area is 103 Å². The zero-order chi connectivity index (χ0) is 12.6. The number of aromatic nitrogens is 1. The minimum atomic E-state index is 0.373. The third-order valence-corrected chi connectivity index (χ3v) is 3.58. The molecule has 0 aliphatic carbocycles. The van der Waals surface area contributed by atoms with E-state index in [-0.39, 0.29) is 0 Å². The van der Waals surface area contributed by atoms with Crippen molar-refractivity contribution in [3.05, 3.63) is 17.8 Å². The number of nitrogens with zero attached hydrogens (tertiary/aromatic N) is 1. The van der Waals surface area contributed by atoms with Gasteiger partial charge >= 0.3 is 0 Å². The molecular formula is C14H22N2O. The Bertz CT molecular complexity index is 418. The van der Waals surface area contributed by atoms with Gasteiger partial charge in [-0.3, -0.25) is 0 Å². The van der Waals surface area contributed by atoms with Gasteiger partial charge in [-0.25, -0.2) is 0 Å². The topological polar surface area (TPSA) is 38.1 Å². The molecular weight excluding hydrogens is 212 g/mol. The van der Waals surface area contributed by atoms with Crippen molar-refractivity contribution < 1.29 is 4.52 Å². The van der Waals surface area contributed by atoms with Crippen LogP contribution in [0, 0.1) is 17.8 Å². The molecule has 0 radical (unpaired) electrons. The fraction of sp³-hybridized carbons (Fsp3) is 0.643. The Kier molecular flexibility index (Phi) is 3.27. The van der Waals surface area contributed by atoms with Crippen molar-refractivity contribution >= 4 is 11.5 Å². The lowest BCUT2D eigenvalue weighted by Gasteiger charge is -2.24. The summed E-state index contributed by atoms with van der Waals surface area (Å²) in [5.74, 6) is 2.44. The Morgan fingerprint density at radius 2 is 2.00 bits per heavy atom. The number of rotatable bonds is 2. The van der Waals surface area contributed by atoms with Crippen molar-refractivity contribution in [1.29, 1.82) is 0 Å². The average molecular weight is 234 g/mol. The third kappa shape index (κ3) is 2.24. The number of hydrogen-bond acceptors (Lipinski definition) is 3. The number of allylic oxidation sites excluding steroid dienone is 1. The van der Waals surface area contributed by atoms with Crippen LogP contribution in [0.2, 0.25) is 0 Å². The van der Waals surface area contributed by atoms with Crippen LogP contribution in [0.15, 0.2) is 16.8 Å². The molecule has 1 aromatic rings. The minimum absolute atomic E-state index is 0.373. The molecule has 0 amide bonds. The van der Waals surface area contributed by atoms with Crippen LogP contribution in [-0.2, 0) is 0 Å². The summed E-state index contributed by atoms with van der Waals surface area (Å²) in [5, 5.41) is 7.34. The van der Waals surface area contributed by atoms with Crippen molar-refractivity contribution in [3.8, 4) is 0 Å². The highest BCUT2D eigenvalue weighted by atomic mass is 16.5. The van der Waals surface area contributed by atoms with Gasteiger partial charge in [0.1, 0.15) is 0 Å². The zero-order valence-corrected chi connectivity index (χ0v) is 11.3. The van der Waals surface area contributed by atoms with Gasteiger partial charge in [-0.1, -0.05) is 38.9 Å². The van der Waals surface area contributed by atoms with Gasteiger partial charge in [0.15, 0.2) is 0 Å². The second kappa shape index (κ2) is 4.55. The van der Waals surface area contributed by atoms with Crippen LogP contribution < -0.4 is 5.32 Å². The first-order valence-electron chi connectivity index (χ1n) is 6.44. The first-order valence-corrected chi connectivity index (χ1v) is 6.44. The van der Waals surface area contributed by atoms with E-state index in [0.717, 1.165) is 11.4 Å². The van der Waals surface area contributed by atoms with Crippen molar-refractivity contribution in [2.24, 2.45) is 17.8 Å². The largest absolute Gasteiger partial charge is 0.350 e. The highest BCUT2D eigenvalue weighted by Gasteiger charge is 2.27. The number of anilines is 1. The molecule has 3 nitrogen and oxygen atoms in total. The summed E-state index contributed by atoms with van der Waals surface area (Å²) in [5.41, 5.74) is 2.46. The monoisotopic (exact) mass is 234 g/mol. The molecule has 1 aliphatic heterocycles. The van der Waals surface area contributed by atoms with Crippen LogP contribution in [0.4, 0.5) is 5.88 Å². The van der Waals surface area contributed by atoms with Crippen molar-refractivity contribution in [2.75, 3.05) is 5.32 Å². The first kappa shape index (κ1) is 12.2. The summed E-state index contributed by atoms with van der Waals surface area (Å²) in [6.45, 7) is 11.2. The van der Waals surface area contributed by atoms with E-state index in [9.17, 15) is 0 Å². The van der Waals surface area contributed by atoms with E-state index < -0.39 is 0 Å². The molecule has 17 heavy (non-hydrogen) atoms. The van der Waals surface area contributed by atoms with Gasteiger partial charge in [-0.15, -0.1) is 0 Å². The quantitative estimate of drug-likeness (QED) is 0.845. The SMILES string of the molecule is CC(C)C1=CC(C(C)C)C(C)Nc2oncc21. The molecule has 1 N–H and O–H groups in total. The summed E-state index contributed by atoms with van der Waals surface area (Å²) < 4.78 is 5.31. The van der Waals surface area contributed by atoms with Crippen LogP contribution in [0.1, 0.15) is 40.2 Å². The Hall–Kier alpha value is -1.25. The van der Waals surface area contributed by atoms with Crippen molar-refractivity contribution in [3.63, 3.8) is 0 Å². The molecule has 0 saturated carbocycles. The van der Waals surface area contributed by atoms with Crippen LogP contribution >= 0.6 is 0 Å². The summed E-state index contributed by atoms with van der Waals surface area (Å²) in [6.07, 6.45) is 4.22. The maximum absolute atomic E-state index is 5.31. The van der Waals surface area contributed by atoms with Crippen LogP contribution in [0.25, 0.3) is 5.57 Å². The predicted octanol–water partition coefficient (Wildman–Crippen LogP) is 3.80. The fourth-order valence-corrected chi connectivity index (χ4v) is 2.57. The maximum Gasteiger partial charge on any atom is 0.232 e. The van der Waals surface area contributed by atoms with E-state index in [1.54, 1.807) is 0 Å². The molecule has 0 saturated heterocycles. The Morgan fingerprint density at radius 1 is 1.29 bits per heavy atom. The van der Waals surface area contributed by atoms with E-state index in [4.69, 9.17) is 4.52 Å². The molecule has 1 aliphatic rings. The smallest absolute Gasteiger partial charge is 0.232 e. The molecule has 0 spiro atoms. The zero-order valence-electron chi connectivity index (χ0n) is 11.3. The second-order valence-corrected chi connectivity index (χ2v) is 5.60. The van der Waals surface area contributed by atoms with Gasteiger partial charge in [0, 0.05) is 6.04 Å². The van der Waals surface area contributed by atoms with Crippen molar-refractivity contribution in [1.82, 2.24) is 5.16 Å². The van der Waals surface area contributed by atoms with Crippen LogP contribution in [0.5, 0.6) is 0 Å². The van der Waals surface area contributed by atoms with E-state index in [0.29, 0.717) is 23.8 Å². The number of fused-ring (bicyclic) bond motifs is 1. The van der Waals surface area contributed by atoms with Gasteiger partial charge < -0.3 is 9.84 Å². The molecule has 0 aromatic carbocycles. The fourth-order valence-electron chi connectivity index (χ4n) is 2.57. The van der Waals surface area contributed by atoms with E-state index >= 15 is 0 Å². The normalized spacial score (nSPS) is 24.3. The Morgan fingerprint density at radius 3 is 2.59 bits per heavy atom. The maximum atomic E-state index is 5.31. The average Bonchev–Trinajstić information content (AvgIpc) is 2.60. The molecule has 94 valence electrons. The van der Waals surface area contributed by atoms with Gasteiger partial charge in [-0.05, 0) is 30.3 Å². The summed E-state index contributed by atoms with van der Waals surface area (Å²) in [4.78, 5) is 0. The minimum Gasteiger partial charge on any atom is -0.350 e. The van der Waals surface area contributed by atoms with Gasteiger partial charge in [-0.2, -0.15) is 0 Å². The molecule has 2 unspecified atom stereocenters. The lowest BCUT2D eigenvalue weighted by atomic mass is 9.85. The van der Waals surface area contributed by atoms with Gasteiger partial charge in [0.05, 0.1) is 11.8 Å². The molecule has 2 atom stereocenters. The van der Waals surface area contributed by atoms with E-state index in [2.05, 4.69) is 51.2 Å². The second-order valence-electron chi connectivity index (χ2n) is 5.60. The summed E-state index contributed by atoms with van der Waals surface area (Å²) in [7, 11) is 0. The summed E-state index contributed by atoms with van der Waals surface area (Å²) in [6, 6.07) is 0.373. The highest BCUT2D eigenvalue weighted by Crippen LogP contribution is 2.36.